The first-order chi connectivity index (χ1) is 11.0. The Morgan fingerprint density at radius 2 is 2.09 bits per heavy atom. The second kappa shape index (κ2) is 7.54. The molecule has 0 fully saturated rings. The van der Waals surface area contributed by atoms with Crippen LogP contribution in [-0.2, 0) is 6.54 Å². The van der Waals surface area contributed by atoms with Crippen LogP contribution in [0.4, 0.5) is 4.79 Å². The first kappa shape index (κ1) is 16.7. The summed E-state index contributed by atoms with van der Waals surface area (Å²) in [5.74, 6) is 0.753. The molecule has 0 aliphatic carbocycles. The number of nitrogens with one attached hydrogen (secondary N) is 1. The number of ether oxygens (including phenoxy) is 1. The van der Waals surface area contributed by atoms with Gasteiger partial charge in [-0.2, -0.15) is 4.80 Å². The summed E-state index contributed by atoms with van der Waals surface area (Å²) < 4.78 is 5.12. The summed E-state index contributed by atoms with van der Waals surface area (Å²) in [5.41, 5.74) is 0.906. The number of hydrogen-bond acceptors (Lipinski definition) is 6. The largest absolute Gasteiger partial charge is 0.497 e. The summed E-state index contributed by atoms with van der Waals surface area (Å²) in [5, 5.41) is 32.2. The number of amides is 1. The van der Waals surface area contributed by atoms with Crippen LogP contribution >= 0.6 is 0 Å². The highest BCUT2D eigenvalue weighted by atomic mass is 16.5. The van der Waals surface area contributed by atoms with E-state index in [-0.39, 0.29) is 24.9 Å². The number of hydrogen-bond donors (Lipinski definition) is 3. The lowest BCUT2D eigenvalue weighted by Gasteiger charge is -2.21. The van der Waals surface area contributed by atoms with Crippen LogP contribution in [0.2, 0.25) is 0 Å². The Bertz CT molecular complexity index is 643. The van der Waals surface area contributed by atoms with E-state index < -0.39 is 12.1 Å². The van der Waals surface area contributed by atoms with E-state index in [9.17, 15) is 4.79 Å². The summed E-state index contributed by atoms with van der Waals surface area (Å²) in [6, 6.07) is 6.67. The number of aliphatic hydroxyl groups excluding tert-OH is 1. The van der Waals surface area contributed by atoms with Crippen LogP contribution in [0.5, 0.6) is 5.75 Å². The van der Waals surface area contributed by atoms with Crippen LogP contribution in [-0.4, -0.2) is 50.2 Å². The monoisotopic (exact) mass is 321 g/mol. The Hall–Kier alpha value is -2.68. The molecule has 0 aliphatic heterocycles. The molecule has 2 atom stereocenters. The van der Waals surface area contributed by atoms with Crippen molar-refractivity contribution >= 4 is 6.09 Å². The van der Waals surface area contributed by atoms with Crippen LogP contribution < -0.4 is 10.1 Å². The maximum Gasteiger partial charge on any atom is 0.405 e. The van der Waals surface area contributed by atoms with Crippen molar-refractivity contribution in [3.05, 3.63) is 35.7 Å². The van der Waals surface area contributed by atoms with Gasteiger partial charge in [0.25, 0.3) is 0 Å². The van der Waals surface area contributed by atoms with Crippen LogP contribution in [0.25, 0.3) is 0 Å². The summed E-state index contributed by atoms with van der Waals surface area (Å²) in [6.07, 6.45) is -1.17. The molecule has 9 heteroatoms. The molecule has 2 rings (SSSR count). The lowest BCUT2D eigenvalue weighted by molar-refractivity contribution is 0.187. The van der Waals surface area contributed by atoms with Crippen LogP contribution in [0, 0.1) is 0 Å². The second-order valence-corrected chi connectivity index (χ2v) is 4.96. The molecule has 0 saturated carbocycles. The average molecular weight is 321 g/mol. The van der Waals surface area contributed by atoms with Gasteiger partial charge in [-0.3, -0.25) is 0 Å². The number of methoxy groups -OCH3 is 1. The molecular formula is C14H19N5O4. The molecular weight excluding hydrogens is 302 g/mol. The van der Waals surface area contributed by atoms with Crippen LogP contribution in [0.3, 0.4) is 0 Å². The molecule has 3 N–H and O–H groups in total. The predicted molar refractivity (Wildman–Crippen MR) is 80.2 cm³/mol. The van der Waals surface area contributed by atoms with E-state index in [1.54, 1.807) is 19.2 Å². The predicted octanol–water partition coefficient (Wildman–Crippen LogP) is 0.786. The van der Waals surface area contributed by atoms with Gasteiger partial charge in [-0.25, -0.2) is 4.79 Å². The highest BCUT2D eigenvalue weighted by Crippen LogP contribution is 2.29. The maximum absolute atomic E-state index is 11.1. The molecule has 9 nitrogen and oxygen atoms in total. The molecule has 2 aromatic rings. The molecule has 23 heavy (non-hydrogen) atoms. The molecule has 1 heterocycles. The molecule has 1 amide bonds. The van der Waals surface area contributed by atoms with Crippen molar-refractivity contribution < 1.29 is 19.7 Å². The number of carboxylic acid groups (broad SMARTS) is 1. The Morgan fingerprint density at radius 3 is 2.65 bits per heavy atom. The van der Waals surface area contributed by atoms with Gasteiger partial charge in [0.2, 0.25) is 0 Å². The molecule has 0 aliphatic rings. The van der Waals surface area contributed by atoms with E-state index in [1.807, 2.05) is 19.1 Å². The quantitative estimate of drug-likeness (QED) is 0.689. The third-order valence-electron chi connectivity index (χ3n) is 3.47. The third kappa shape index (κ3) is 4.16. The minimum Gasteiger partial charge on any atom is -0.497 e. The van der Waals surface area contributed by atoms with Gasteiger partial charge in [0.15, 0.2) is 5.82 Å². The smallest absolute Gasteiger partial charge is 0.405 e. The van der Waals surface area contributed by atoms with Crippen molar-refractivity contribution in [1.82, 2.24) is 25.5 Å². The fraction of sp³-hybridized carbons (Fsp3) is 0.429. The Labute approximate surface area is 132 Å². The maximum atomic E-state index is 11.1. The van der Waals surface area contributed by atoms with Crippen molar-refractivity contribution in [3.8, 4) is 5.75 Å². The van der Waals surface area contributed by atoms with Gasteiger partial charge < -0.3 is 20.3 Å². The SMILES string of the molecule is COc1ccc([C@@H](C)[C@H](NC(=O)O)c2nnn(CCO)n2)cc1. The van der Waals surface area contributed by atoms with E-state index in [0.717, 1.165) is 11.3 Å². The van der Waals surface area contributed by atoms with E-state index in [1.165, 1.54) is 4.80 Å². The minimum atomic E-state index is -1.17. The third-order valence-corrected chi connectivity index (χ3v) is 3.47. The summed E-state index contributed by atoms with van der Waals surface area (Å²) in [4.78, 5) is 12.3. The highest BCUT2D eigenvalue weighted by molar-refractivity contribution is 5.65. The van der Waals surface area contributed by atoms with Gasteiger partial charge in [0.05, 0.1) is 20.3 Å². The van der Waals surface area contributed by atoms with Crippen molar-refractivity contribution in [1.29, 1.82) is 0 Å². The number of nitrogens with zero attached hydrogens (tertiary/aromatic N) is 4. The fourth-order valence-electron chi connectivity index (χ4n) is 2.21. The molecule has 0 bridgehead atoms. The molecule has 0 spiro atoms. The lowest BCUT2D eigenvalue weighted by atomic mass is 9.93. The highest BCUT2D eigenvalue weighted by Gasteiger charge is 2.27. The first-order valence-electron chi connectivity index (χ1n) is 7.07. The average Bonchev–Trinajstić information content (AvgIpc) is 3.00. The molecule has 1 aromatic heterocycles. The molecule has 0 saturated heterocycles. The topological polar surface area (TPSA) is 122 Å². The van der Waals surface area contributed by atoms with Crippen molar-refractivity contribution in [2.24, 2.45) is 0 Å². The summed E-state index contributed by atoms with van der Waals surface area (Å²) in [6.45, 7) is 1.94. The number of aromatic nitrogens is 4. The van der Waals surface area contributed by atoms with Crippen LogP contribution in [0.15, 0.2) is 24.3 Å². The Balaban J connectivity index is 2.26. The van der Waals surface area contributed by atoms with Gasteiger partial charge in [0, 0.05) is 5.92 Å². The molecule has 124 valence electrons. The van der Waals surface area contributed by atoms with E-state index in [0.29, 0.717) is 0 Å². The van der Waals surface area contributed by atoms with E-state index >= 15 is 0 Å². The zero-order chi connectivity index (χ0) is 16.8. The van der Waals surface area contributed by atoms with Gasteiger partial charge in [-0.15, -0.1) is 10.2 Å². The normalized spacial score (nSPS) is 13.3. The number of carbonyl (C=O) groups is 1. The van der Waals surface area contributed by atoms with Gasteiger partial charge in [-0.1, -0.05) is 19.1 Å². The zero-order valence-corrected chi connectivity index (χ0v) is 12.9. The molecule has 1 aromatic carbocycles. The van der Waals surface area contributed by atoms with Crippen molar-refractivity contribution in [3.63, 3.8) is 0 Å². The first-order valence-corrected chi connectivity index (χ1v) is 7.07. The fourth-order valence-corrected chi connectivity index (χ4v) is 2.21. The van der Waals surface area contributed by atoms with Gasteiger partial charge in [-0.05, 0) is 22.9 Å². The second-order valence-electron chi connectivity index (χ2n) is 4.96. The summed E-state index contributed by atoms with van der Waals surface area (Å²) >= 11 is 0. The molecule has 0 radical (unpaired) electrons. The Morgan fingerprint density at radius 1 is 1.39 bits per heavy atom. The summed E-state index contributed by atoms with van der Waals surface area (Å²) in [7, 11) is 1.58. The standard InChI is InChI=1S/C14H19N5O4/c1-9(10-3-5-11(23-2)6-4-10)12(15-14(21)22)13-16-18-19(17-13)7-8-20/h3-6,9,12,15,20H,7-8H2,1-2H3,(H,21,22)/t9-,12+/m1/s1. The van der Waals surface area contributed by atoms with Gasteiger partial charge in [0.1, 0.15) is 11.8 Å². The zero-order valence-electron chi connectivity index (χ0n) is 12.9. The Kier molecular flexibility index (Phi) is 5.47. The van der Waals surface area contributed by atoms with Gasteiger partial charge >= 0.3 is 6.09 Å². The van der Waals surface area contributed by atoms with Crippen LogP contribution in [0.1, 0.15) is 30.3 Å². The minimum absolute atomic E-state index is 0.124. The van der Waals surface area contributed by atoms with E-state index in [2.05, 4.69) is 20.7 Å². The number of rotatable bonds is 7. The number of tetrazole rings is 1. The lowest BCUT2D eigenvalue weighted by Crippen LogP contribution is -2.31. The number of benzene rings is 1. The van der Waals surface area contributed by atoms with E-state index in [4.69, 9.17) is 14.9 Å². The number of aliphatic hydroxyl groups is 1. The van der Waals surface area contributed by atoms with Crippen molar-refractivity contribution in [2.45, 2.75) is 25.4 Å². The molecule has 0 unspecified atom stereocenters. The van der Waals surface area contributed by atoms with Crippen molar-refractivity contribution in [2.75, 3.05) is 13.7 Å².